The molecule has 0 heterocycles. The third-order valence-electron chi connectivity index (χ3n) is 1.78. The van der Waals surface area contributed by atoms with Gasteiger partial charge in [0, 0.05) is 0 Å². The average Bonchev–Trinajstić information content (AvgIpc) is 2.12. The summed E-state index contributed by atoms with van der Waals surface area (Å²) in [6.45, 7) is 0.459. The molecule has 0 saturated heterocycles. The Morgan fingerprint density at radius 3 is 2.47 bits per heavy atom. The van der Waals surface area contributed by atoms with Crippen LogP contribution in [0, 0.1) is 6.92 Å². The van der Waals surface area contributed by atoms with Gasteiger partial charge in [-0.3, -0.25) is 0 Å². The van der Waals surface area contributed by atoms with Crippen LogP contribution in [0.4, 0.5) is 17.6 Å². The van der Waals surface area contributed by atoms with E-state index in [2.05, 4.69) is 0 Å². The number of rotatable bonds is 3. The van der Waals surface area contributed by atoms with E-state index in [1.807, 2.05) is 0 Å². The van der Waals surface area contributed by atoms with Gasteiger partial charge in [0.25, 0.3) is 0 Å². The molecule has 0 radical (unpaired) electrons. The summed E-state index contributed by atoms with van der Waals surface area (Å²) in [5.41, 5.74) is -0.238. The average molecular weight is 222 g/mol. The molecule has 0 fully saturated rings. The van der Waals surface area contributed by atoms with E-state index in [9.17, 15) is 17.6 Å². The minimum Gasteiger partial charge on any atom is -0.490 e. The minimum atomic E-state index is -4.47. The molecule has 0 aliphatic heterocycles. The number of hydrogen-bond acceptors (Lipinski definition) is 1. The van der Waals surface area contributed by atoms with Crippen molar-refractivity contribution in [1.82, 2.24) is 0 Å². The maximum Gasteiger partial charge on any atom is 0.419 e. The van der Waals surface area contributed by atoms with E-state index in [0.717, 1.165) is 6.07 Å². The van der Waals surface area contributed by atoms with E-state index in [1.165, 1.54) is 12.1 Å². The van der Waals surface area contributed by atoms with Gasteiger partial charge < -0.3 is 4.74 Å². The van der Waals surface area contributed by atoms with Gasteiger partial charge in [0.1, 0.15) is 19.0 Å². The highest BCUT2D eigenvalue weighted by atomic mass is 19.4. The molecule has 1 aromatic rings. The van der Waals surface area contributed by atoms with Crippen LogP contribution in [0.3, 0.4) is 0 Å². The van der Waals surface area contributed by atoms with Crippen molar-refractivity contribution in [3.8, 4) is 5.75 Å². The summed E-state index contributed by atoms with van der Waals surface area (Å²) in [7, 11) is 0. The molecule has 1 aromatic carbocycles. The molecular formula is C10H10F4O. The van der Waals surface area contributed by atoms with Crippen LogP contribution in [0.15, 0.2) is 18.2 Å². The lowest BCUT2D eigenvalue weighted by Crippen LogP contribution is -2.10. The molecule has 0 unspecified atom stereocenters. The van der Waals surface area contributed by atoms with Crippen molar-refractivity contribution in [2.45, 2.75) is 13.1 Å². The van der Waals surface area contributed by atoms with Crippen molar-refractivity contribution >= 4 is 0 Å². The highest BCUT2D eigenvalue weighted by molar-refractivity contribution is 5.39. The van der Waals surface area contributed by atoms with Crippen molar-refractivity contribution in [2.75, 3.05) is 13.3 Å². The van der Waals surface area contributed by atoms with Crippen LogP contribution in [0.2, 0.25) is 0 Å². The summed E-state index contributed by atoms with van der Waals surface area (Å²) in [6.07, 6.45) is -4.47. The summed E-state index contributed by atoms with van der Waals surface area (Å²) >= 11 is 0. The second kappa shape index (κ2) is 4.51. The fourth-order valence-electron chi connectivity index (χ4n) is 1.13. The highest BCUT2D eigenvalue weighted by Gasteiger charge is 2.34. The molecular weight excluding hydrogens is 212 g/mol. The molecule has 0 amide bonds. The van der Waals surface area contributed by atoms with Crippen molar-refractivity contribution in [3.63, 3.8) is 0 Å². The minimum absolute atomic E-state index is 0.319. The van der Waals surface area contributed by atoms with E-state index in [0.29, 0.717) is 5.56 Å². The molecule has 0 aliphatic rings. The van der Waals surface area contributed by atoms with E-state index in [4.69, 9.17) is 4.74 Å². The molecule has 84 valence electrons. The molecule has 1 rings (SSSR count). The quantitative estimate of drug-likeness (QED) is 0.712. The fraction of sp³-hybridized carbons (Fsp3) is 0.400. The highest BCUT2D eigenvalue weighted by Crippen LogP contribution is 2.36. The molecule has 0 bridgehead atoms. The first-order valence-electron chi connectivity index (χ1n) is 4.32. The summed E-state index contributed by atoms with van der Waals surface area (Å²) in [4.78, 5) is 0. The summed E-state index contributed by atoms with van der Waals surface area (Å²) in [5.74, 6) is -0.319. The molecule has 5 heteroatoms. The van der Waals surface area contributed by atoms with E-state index in [1.54, 1.807) is 6.92 Å². The smallest absolute Gasteiger partial charge is 0.419 e. The van der Waals surface area contributed by atoms with Crippen LogP contribution in [0.25, 0.3) is 0 Å². The number of benzene rings is 1. The molecule has 0 spiro atoms. The van der Waals surface area contributed by atoms with Gasteiger partial charge in [0.15, 0.2) is 0 Å². The number of hydrogen-bond donors (Lipinski definition) is 0. The fourth-order valence-corrected chi connectivity index (χ4v) is 1.13. The number of halogens is 4. The number of aryl methyl sites for hydroxylation is 1. The Morgan fingerprint density at radius 2 is 1.93 bits per heavy atom. The Bertz CT molecular complexity index is 333. The van der Waals surface area contributed by atoms with Crippen LogP contribution in [0.1, 0.15) is 11.1 Å². The Balaban J connectivity index is 3.03. The Hall–Kier alpha value is -1.26. The maximum atomic E-state index is 12.4. The van der Waals surface area contributed by atoms with Crippen LogP contribution < -0.4 is 4.74 Å². The normalized spacial score (nSPS) is 11.5. The Kier molecular flexibility index (Phi) is 3.55. The van der Waals surface area contributed by atoms with Gasteiger partial charge in [-0.1, -0.05) is 6.07 Å². The van der Waals surface area contributed by atoms with Crippen LogP contribution in [-0.4, -0.2) is 13.3 Å². The molecule has 0 N–H and O–H groups in total. The third-order valence-corrected chi connectivity index (χ3v) is 1.78. The number of ether oxygens (including phenoxy) is 1. The molecule has 0 atom stereocenters. The zero-order chi connectivity index (χ0) is 11.5. The Labute approximate surface area is 84.7 Å². The van der Waals surface area contributed by atoms with Crippen molar-refractivity contribution in [2.24, 2.45) is 0 Å². The zero-order valence-electron chi connectivity index (χ0n) is 8.07. The largest absolute Gasteiger partial charge is 0.490 e. The van der Waals surface area contributed by atoms with Gasteiger partial charge in [0.05, 0.1) is 5.56 Å². The second-order valence-electron chi connectivity index (χ2n) is 3.03. The molecule has 15 heavy (non-hydrogen) atoms. The molecule has 0 aliphatic carbocycles. The lowest BCUT2D eigenvalue weighted by Gasteiger charge is -2.13. The van der Waals surface area contributed by atoms with Crippen molar-refractivity contribution in [1.29, 1.82) is 0 Å². The molecule has 0 saturated carbocycles. The lowest BCUT2D eigenvalue weighted by molar-refractivity contribution is -0.139. The van der Waals surface area contributed by atoms with Gasteiger partial charge in [0.2, 0.25) is 0 Å². The van der Waals surface area contributed by atoms with Gasteiger partial charge in [-0.15, -0.1) is 0 Å². The van der Waals surface area contributed by atoms with Gasteiger partial charge in [-0.25, -0.2) is 4.39 Å². The third kappa shape index (κ3) is 3.11. The van der Waals surface area contributed by atoms with Crippen molar-refractivity contribution < 1.29 is 22.3 Å². The van der Waals surface area contributed by atoms with Crippen LogP contribution >= 0.6 is 0 Å². The summed E-state index contributed by atoms with van der Waals surface area (Å²) < 4.78 is 53.8. The SMILES string of the molecule is Cc1ccc(C(F)(F)F)c(OCCF)c1. The van der Waals surface area contributed by atoms with E-state index in [-0.39, 0.29) is 12.4 Å². The van der Waals surface area contributed by atoms with E-state index < -0.39 is 18.4 Å². The standard InChI is InChI=1S/C10H10F4O/c1-7-2-3-8(10(12,13)14)9(6-7)15-5-4-11/h2-3,6H,4-5H2,1H3. The topological polar surface area (TPSA) is 9.23 Å². The van der Waals surface area contributed by atoms with Crippen LogP contribution in [0.5, 0.6) is 5.75 Å². The second-order valence-corrected chi connectivity index (χ2v) is 3.03. The molecule has 0 aromatic heterocycles. The van der Waals surface area contributed by atoms with E-state index >= 15 is 0 Å². The van der Waals surface area contributed by atoms with Gasteiger partial charge in [-0.05, 0) is 24.6 Å². The monoisotopic (exact) mass is 222 g/mol. The first kappa shape index (κ1) is 11.8. The Morgan fingerprint density at radius 1 is 1.27 bits per heavy atom. The maximum absolute atomic E-state index is 12.4. The number of alkyl halides is 4. The van der Waals surface area contributed by atoms with Crippen molar-refractivity contribution in [3.05, 3.63) is 29.3 Å². The molecule has 1 nitrogen and oxygen atoms in total. The summed E-state index contributed by atoms with van der Waals surface area (Å²) in [6, 6.07) is 3.52. The predicted molar refractivity (Wildman–Crippen MR) is 47.7 cm³/mol. The first-order chi connectivity index (χ1) is 6.95. The zero-order valence-corrected chi connectivity index (χ0v) is 8.07. The first-order valence-corrected chi connectivity index (χ1v) is 4.32. The summed E-state index contributed by atoms with van der Waals surface area (Å²) in [5, 5.41) is 0. The van der Waals surface area contributed by atoms with Gasteiger partial charge >= 0.3 is 6.18 Å². The van der Waals surface area contributed by atoms with Crippen LogP contribution in [-0.2, 0) is 6.18 Å². The predicted octanol–water partition coefficient (Wildman–Crippen LogP) is 3.36. The lowest BCUT2D eigenvalue weighted by atomic mass is 10.1. The van der Waals surface area contributed by atoms with Gasteiger partial charge in [-0.2, -0.15) is 13.2 Å².